The van der Waals surface area contributed by atoms with Crippen LogP contribution in [0.1, 0.15) is 17.5 Å². The maximum Gasteiger partial charge on any atom is 0.130 e. The molecule has 0 bridgehead atoms. The van der Waals surface area contributed by atoms with E-state index in [2.05, 4.69) is 0 Å². The highest BCUT2D eigenvalue weighted by atomic mass is 16.5. The first kappa shape index (κ1) is 13.8. The van der Waals surface area contributed by atoms with Crippen molar-refractivity contribution >= 4 is 5.84 Å². The zero-order chi connectivity index (χ0) is 13.7. The predicted molar refractivity (Wildman–Crippen MR) is 72.6 cm³/mol. The molecule has 1 aliphatic heterocycles. The second-order valence-corrected chi connectivity index (χ2v) is 4.69. The summed E-state index contributed by atoms with van der Waals surface area (Å²) in [5, 5.41) is 7.45. The lowest BCUT2D eigenvalue weighted by molar-refractivity contribution is 0.0790. The Morgan fingerprint density at radius 3 is 3.00 bits per heavy atom. The smallest absolute Gasteiger partial charge is 0.130 e. The van der Waals surface area contributed by atoms with E-state index in [1.54, 1.807) is 13.2 Å². The minimum absolute atomic E-state index is 0.00687. The summed E-state index contributed by atoms with van der Waals surface area (Å²) < 4.78 is 16.2. The van der Waals surface area contributed by atoms with Gasteiger partial charge in [0.1, 0.15) is 11.6 Å². The minimum Gasteiger partial charge on any atom is -0.496 e. The van der Waals surface area contributed by atoms with Gasteiger partial charge in [0.2, 0.25) is 0 Å². The number of hydrogen-bond donors (Lipinski definition) is 2. The Hall–Kier alpha value is -1.59. The maximum atomic E-state index is 7.45. The first-order valence-electron chi connectivity index (χ1n) is 6.37. The molecule has 1 heterocycles. The fourth-order valence-electron chi connectivity index (χ4n) is 2.11. The van der Waals surface area contributed by atoms with Crippen LogP contribution in [0.3, 0.4) is 0 Å². The molecule has 1 aromatic rings. The molecule has 1 saturated heterocycles. The molecule has 5 heteroatoms. The number of ether oxygens (including phenoxy) is 3. The van der Waals surface area contributed by atoms with Crippen molar-refractivity contribution in [3.8, 4) is 5.75 Å². The van der Waals surface area contributed by atoms with Crippen LogP contribution in [0.25, 0.3) is 0 Å². The summed E-state index contributed by atoms with van der Waals surface area (Å²) in [4.78, 5) is 0. The lowest BCUT2D eigenvalue weighted by Crippen LogP contribution is -2.13. The van der Waals surface area contributed by atoms with E-state index in [-0.39, 0.29) is 5.84 Å². The third-order valence-corrected chi connectivity index (χ3v) is 3.20. The quantitative estimate of drug-likeness (QED) is 0.603. The Labute approximate surface area is 113 Å². The van der Waals surface area contributed by atoms with Gasteiger partial charge in [-0.2, -0.15) is 0 Å². The van der Waals surface area contributed by atoms with Crippen LogP contribution < -0.4 is 10.5 Å². The van der Waals surface area contributed by atoms with Crippen molar-refractivity contribution in [3.63, 3.8) is 0 Å². The normalized spacial score (nSPS) is 18.5. The topological polar surface area (TPSA) is 77.6 Å². The monoisotopic (exact) mass is 264 g/mol. The van der Waals surface area contributed by atoms with Gasteiger partial charge >= 0.3 is 0 Å². The average Bonchev–Trinajstić information content (AvgIpc) is 2.91. The second-order valence-electron chi connectivity index (χ2n) is 4.69. The molecule has 1 aliphatic rings. The van der Waals surface area contributed by atoms with Crippen molar-refractivity contribution in [1.29, 1.82) is 5.41 Å². The van der Waals surface area contributed by atoms with Crippen LogP contribution in [0.15, 0.2) is 18.2 Å². The number of methoxy groups -OCH3 is 1. The lowest BCUT2D eigenvalue weighted by Gasteiger charge is -2.11. The van der Waals surface area contributed by atoms with Gasteiger partial charge in [-0.15, -0.1) is 0 Å². The molecule has 3 N–H and O–H groups in total. The first-order valence-corrected chi connectivity index (χ1v) is 6.37. The van der Waals surface area contributed by atoms with Gasteiger partial charge in [-0.05, 0) is 24.1 Å². The van der Waals surface area contributed by atoms with Crippen molar-refractivity contribution in [2.75, 3.05) is 26.9 Å². The fourth-order valence-corrected chi connectivity index (χ4v) is 2.11. The van der Waals surface area contributed by atoms with Gasteiger partial charge in [0, 0.05) is 12.5 Å². The summed E-state index contributed by atoms with van der Waals surface area (Å²) >= 11 is 0. The summed E-state index contributed by atoms with van der Waals surface area (Å²) in [5.41, 5.74) is 7.10. The molecule has 0 aromatic heterocycles. The molecule has 0 spiro atoms. The van der Waals surface area contributed by atoms with Crippen molar-refractivity contribution in [3.05, 3.63) is 29.3 Å². The molecular weight excluding hydrogens is 244 g/mol. The van der Waals surface area contributed by atoms with E-state index in [1.807, 2.05) is 12.1 Å². The largest absolute Gasteiger partial charge is 0.496 e. The van der Waals surface area contributed by atoms with Crippen LogP contribution in [-0.4, -0.2) is 32.8 Å². The van der Waals surface area contributed by atoms with Gasteiger partial charge in [0.05, 0.1) is 32.5 Å². The van der Waals surface area contributed by atoms with Crippen molar-refractivity contribution in [1.82, 2.24) is 0 Å². The van der Waals surface area contributed by atoms with Crippen molar-refractivity contribution < 1.29 is 14.2 Å². The molecule has 1 unspecified atom stereocenters. The van der Waals surface area contributed by atoms with E-state index in [4.69, 9.17) is 25.4 Å². The molecule has 0 aliphatic carbocycles. The van der Waals surface area contributed by atoms with Gasteiger partial charge in [-0.1, -0.05) is 6.07 Å². The zero-order valence-electron chi connectivity index (χ0n) is 11.1. The molecule has 104 valence electrons. The highest BCUT2D eigenvalue weighted by molar-refractivity contribution is 5.97. The predicted octanol–water partition coefficient (Wildman–Crippen LogP) is 1.53. The van der Waals surface area contributed by atoms with Crippen LogP contribution in [0.5, 0.6) is 5.75 Å². The molecular formula is C14H20N2O3. The lowest BCUT2D eigenvalue weighted by atomic mass is 10.1. The van der Waals surface area contributed by atoms with Crippen LogP contribution >= 0.6 is 0 Å². The Morgan fingerprint density at radius 2 is 2.37 bits per heavy atom. The average molecular weight is 264 g/mol. The summed E-state index contributed by atoms with van der Waals surface area (Å²) in [7, 11) is 1.57. The van der Waals surface area contributed by atoms with E-state index >= 15 is 0 Å². The van der Waals surface area contributed by atoms with E-state index in [1.165, 1.54) is 0 Å². The van der Waals surface area contributed by atoms with Crippen LogP contribution in [0.4, 0.5) is 0 Å². The van der Waals surface area contributed by atoms with Crippen LogP contribution in [-0.2, 0) is 16.1 Å². The van der Waals surface area contributed by atoms with Gasteiger partial charge in [-0.25, -0.2) is 0 Å². The summed E-state index contributed by atoms with van der Waals surface area (Å²) in [6.45, 7) is 2.89. The molecule has 1 fully saturated rings. The van der Waals surface area contributed by atoms with Crippen LogP contribution in [0.2, 0.25) is 0 Å². The molecule has 0 radical (unpaired) electrons. The first-order chi connectivity index (χ1) is 9.20. The number of nitrogen functional groups attached to an aromatic ring is 1. The number of rotatable bonds is 6. The van der Waals surface area contributed by atoms with Gasteiger partial charge in [0.25, 0.3) is 0 Å². The van der Waals surface area contributed by atoms with E-state index in [0.29, 0.717) is 23.8 Å². The molecule has 0 saturated carbocycles. The molecule has 2 rings (SSSR count). The van der Waals surface area contributed by atoms with Gasteiger partial charge in [-0.3, -0.25) is 5.41 Å². The minimum atomic E-state index is 0.00687. The number of hydrogen-bond acceptors (Lipinski definition) is 4. The van der Waals surface area contributed by atoms with E-state index in [0.717, 1.165) is 31.8 Å². The highest BCUT2D eigenvalue weighted by Crippen LogP contribution is 2.21. The van der Waals surface area contributed by atoms with Gasteiger partial charge < -0.3 is 19.9 Å². The number of nitrogens with two attached hydrogens (primary N) is 1. The number of amidine groups is 1. The summed E-state index contributed by atoms with van der Waals surface area (Å²) in [6.07, 6.45) is 1.08. The Bertz CT molecular complexity index is 442. The molecule has 19 heavy (non-hydrogen) atoms. The second kappa shape index (κ2) is 6.54. The molecule has 1 aromatic carbocycles. The number of benzene rings is 1. The van der Waals surface area contributed by atoms with E-state index < -0.39 is 0 Å². The fraction of sp³-hybridized carbons (Fsp3) is 0.500. The van der Waals surface area contributed by atoms with Crippen LogP contribution in [0, 0.1) is 11.3 Å². The third kappa shape index (κ3) is 3.68. The van der Waals surface area contributed by atoms with Crippen molar-refractivity contribution in [2.24, 2.45) is 11.7 Å². The Morgan fingerprint density at radius 1 is 1.53 bits per heavy atom. The summed E-state index contributed by atoms with van der Waals surface area (Å²) in [5.74, 6) is 1.13. The standard InChI is InChI=1S/C14H20N2O3/c1-17-13-6-10(2-3-12(13)14(15)16)7-19-9-11-4-5-18-8-11/h2-3,6,11H,4-5,7-9H2,1H3,(H3,15,16). The Balaban J connectivity index is 1.91. The van der Waals surface area contributed by atoms with Gasteiger partial charge in [0.15, 0.2) is 0 Å². The molecule has 1 atom stereocenters. The molecule has 5 nitrogen and oxygen atoms in total. The third-order valence-electron chi connectivity index (χ3n) is 3.20. The van der Waals surface area contributed by atoms with Crippen molar-refractivity contribution in [2.45, 2.75) is 13.0 Å². The molecule has 0 amide bonds. The van der Waals surface area contributed by atoms with E-state index in [9.17, 15) is 0 Å². The highest BCUT2D eigenvalue weighted by Gasteiger charge is 2.15. The Kier molecular flexibility index (Phi) is 4.76. The maximum absolute atomic E-state index is 7.45. The summed E-state index contributed by atoms with van der Waals surface area (Å²) in [6, 6.07) is 5.56. The SMILES string of the molecule is COc1cc(COCC2CCOC2)ccc1C(=N)N. The number of nitrogens with one attached hydrogen (secondary N) is 1. The zero-order valence-corrected chi connectivity index (χ0v) is 11.1.